The maximum Gasteiger partial charge on any atom is 0.314 e. The molecule has 9 nitrogen and oxygen atoms in total. The lowest BCUT2D eigenvalue weighted by Gasteiger charge is -2.34. The van der Waals surface area contributed by atoms with Crippen molar-refractivity contribution in [2.45, 2.75) is 107 Å². The fraction of sp³-hybridized carbons (Fsp3) is 0.793. The second-order valence-corrected chi connectivity index (χ2v) is 12.3. The number of aromatic nitrogens is 1. The molecule has 220 valence electrons. The lowest BCUT2D eigenvalue weighted by atomic mass is 9.89. The van der Waals surface area contributed by atoms with E-state index < -0.39 is 0 Å². The molecule has 0 saturated heterocycles. The number of thioether (sulfide) groups is 1. The molecule has 10 heteroatoms. The van der Waals surface area contributed by atoms with E-state index >= 15 is 0 Å². The van der Waals surface area contributed by atoms with E-state index in [0.717, 1.165) is 56.3 Å². The Morgan fingerprint density at radius 1 is 0.846 bits per heavy atom. The van der Waals surface area contributed by atoms with Crippen LogP contribution in [0.15, 0.2) is 17.0 Å². The monoisotopic (exact) mass is 561 g/mol. The van der Waals surface area contributed by atoms with E-state index in [9.17, 15) is 4.79 Å². The molecular weight excluding hydrogens is 510 g/mol. The van der Waals surface area contributed by atoms with Crippen LogP contribution in [0.1, 0.15) is 76.1 Å². The minimum atomic E-state index is -0.135. The number of fused-ring (bicyclic) bond motifs is 4. The number of urea groups is 1. The molecule has 1 aromatic rings. The number of rotatable bonds is 9. The number of carbonyl (C=O) groups excluding carboxylic acids is 1. The van der Waals surface area contributed by atoms with Gasteiger partial charge in [0.1, 0.15) is 0 Å². The van der Waals surface area contributed by atoms with Crippen LogP contribution >= 0.6 is 11.8 Å². The average Bonchev–Trinajstić information content (AvgIpc) is 2.96. The van der Waals surface area contributed by atoms with Crippen LogP contribution in [0.25, 0.3) is 0 Å². The van der Waals surface area contributed by atoms with E-state index in [4.69, 9.17) is 9.72 Å². The molecule has 2 saturated carbocycles. The van der Waals surface area contributed by atoms with E-state index in [1.165, 1.54) is 56.3 Å². The van der Waals surface area contributed by atoms with Crippen molar-refractivity contribution in [1.29, 1.82) is 0 Å². The van der Waals surface area contributed by atoms with Crippen molar-refractivity contribution >= 4 is 17.8 Å². The molecule has 2 fully saturated rings. The Labute approximate surface area is 239 Å². The Morgan fingerprint density at radius 2 is 1.38 bits per heavy atom. The summed E-state index contributed by atoms with van der Waals surface area (Å²) in [6.45, 7) is 8.13. The highest BCUT2D eigenvalue weighted by Gasteiger charge is 2.27. The highest BCUT2D eigenvalue weighted by molar-refractivity contribution is 7.99. The van der Waals surface area contributed by atoms with Gasteiger partial charge in [0.2, 0.25) is 0 Å². The lowest BCUT2D eigenvalue weighted by molar-refractivity contribution is 0.137. The van der Waals surface area contributed by atoms with Crippen LogP contribution in [-0.2, 0) is 17.8 Å². The van der Waals surface area contributed by atoms with Gasteiger partial charge in [-0.05, 0) is 44.2 Å². The maximum absolute atomic E-state index is 12.0. The number of nitrogens with one attached hydrogen (secondary N) is 6. The number of ether oxygens (including phenoxy) is 1. The van der Waals surface area contributed by atoms with Gasteiger partial charge in [0.15, 0.2) is 0 Å². The van der Waals surface area contributed by atoms with Crippen LogP contribution in [0.5, 0.6) is 0 Å². The second-order valence-electron chi connectivity index (χ2n) is 11.1. The Balaban J connectivity index is 1.34. The maximum atomic E-state index is 12.0. The van der Waals surface area contributed by atoms with Crippen molar-refractivity contribution in [2.75, 3.05) is 45.1 Å². The Bertz CT molecular complexity index is 813. The van der Waals surface area contributed by atoms with Crippen molar-refractivity contribution in [3.63, 3.8) is 0 Å². The van der Waals surface area contributed by atoms with Crippen LogP contribution in [0.3, 0.4) is 0 Å². The molecule has 3 aliphatic rings. The largest absolute Gasteiger partial charge is 0.380 e. The first kappa shape index (κ1) is 30.5. The van der Waals surface area contributed by atoms with Crippen molar-refractivity contribution in [2.24, 2.45) is 0 Å². The standard InChI is InChI=1S/C29H51N7O2S/c1-2-15-38-16-13-32-29(37)33-14-17-39-24-18-22-20-34-27-9-5-3-7-25(27)30-11-12-31-26-8-4-6-10-28(26)35-21-23(19-24)36-22/h18-19,25-28,30-31,34-35H,2-17,20-21H2,1H3,(H2,32,33,37)/t25-,26-,27-,28-/m1/s1. The highest BCUT2D eigenvalue weighted by Crippen LogP contribution is 2.23. The minimum Gasteiger partial charge on any atom is -0.380 e. The first-order valence-electron chi connectivity index (χ1n) is 15.4. The summed E-state index contributed by atoms with van der Waals surface area (Å²) in [5, 5.41) is 21.2. The summed E-state index contributed by atoms with van der Waals surface area (Å²) in [4.78, 5) is 18.3. The number of carbonyl (C=O) groups is 1. The fourth-order valence-electron chi connectivity index (χ4n) is 5.99. The molecule has 6 N–H and O–H groups in total. The molecule has 0 spiro atoms. The zero-order chi connectivity index (χ0) is 27.1. The van der Waals surface area contributed by atoms with Crippen molar-refractivity contribution in [1.82, 2.24) is 36.9 Å². The third-order valence-corrected chi connectivity index (χ3v) is 8.98. The van der Waals surface area contributed by atoms with Gasteiger partial charge in [-0.2, -0.15) is 0 Å². The van der Waals surface area contributed by atoms with E-state index in [1.54, 1.807) is 11.8 Å². The van der Waals surface area contributed by atoms with Crippen LogP contribution in [-0.4, -0.2) is 80.3 Å². The van der Waals surface area contributed by atoms with Crippen LogP contribution in [0.4, 0.5) is 4.79 Å². The van der Waals surface area contributed by atoms with Gasteiger partial charge in [0.05, 0.1) is 18.0 Å². The fourth-order valence-corrected chi connectivity index (χ4v) is 6.87. The van der Waals surface area contributed by atoms with Gasteiger partial charge in [-0.3, -0.25) is 4.98 Å². The predicted molar refractivity (Wildman–Crippen MR) is 159 cm³/mol. The third kappa shape index (κ3) is 10.8. The van der Waals surface area contributed by atoms with Crippen LogP contribution in [0, 0.1) is 0 Å². The molecule has 2 bridgehead atoms. The summed E-state index contributed by atoms with van der Waals surface area (Å²) < 4.78 is 5.41. The molecule has 2 heterocycles. The lowest BCUT2D eigenvalue weighted by Crippen LogP contribution is -2.53. The van der Waals surface area contributed by atoms with Gasteiger partial charge in [-0.1, -0.05) is 32.6 Å². The minimum absolute atomic E-state index is 0.135. The molecule has 0 radical (unpaired) electrons. The van der Waals surface area contributed by atoms with E-state index in [0.29, 0.717) is 43.9 Å². The predicted octanol–water partition coefficient (Wildman–Crippen LogP) is 2.89. The first-order chi connectivity index (χ1) is 19.2. The topological polar surface area (TPSA) is 111 Å². The number of nitrogens with zero attached hydrogens (tertiary/aromatic N) is 1. The van der Waals surface area contributed by atoms with Gasteiger partial charge >= 0.3 is 6.03 Å². The van der Waals surface area contributed by atoms with Crippen molar-refractivity contribution in [3.8, 4) is 0 Å². The summed E-state index contributed by atoms with van der Waals surface area (Å²) >= 11 is 1.78. The van der Waals surface area contributed by atoms with E-state index in [-0.39, 0.29) is 6.03 Å². The average molecular weight is 562 g/mol. The molecule has 2 amide bonds. The summed E-state index contributed by atoms with van der Waals surface area (Å²) in [6.07, 6.45) is 11.1. The van der Waals surface area contributed by atoms with E-state index in [2.05, 4.69) is 51.0 Å². The molecule has 0 aromatic carbocycles. The molecule has 4 atom stereocenters. The SMILES string of the molecule is CCCOCCNC(=O)NCCSc1cc2nc(c1)CN[C@@H]1CCCC[C@H]1NCCN[C@@H]1CCCC[C@H]1NC2. The summed E-state index contributed by atoms with van der Waals surface area (Å²) in [7, 11) is 0. The Morgan fingerprint density at radius 3 is 1.95 bits per heavy atom. The molecule has 0 unspecified atom stereocenters. The van der Waals surface area contributed by atoms with Crippen molar-refractivity contribution < 1.29 is 9.53 Å². The molecule has 1 aliphatic heterocycles. The number of hydrogen-bond acceptors (Lipinski definition) is 8. The van der Waals surface area contributed by atoms with Gasteiger partial charge in [0, 0.05) is 80.7 Å². The Hall–Kier alpha value is -1.43. The van der Waals surface area contributed by atoms with Crippen LogP contribution in [0.2, 0.25) is 0 Å². The van der Waals surface area contributed by atoms with Gasteiger partial charge < -0.3 is 36.6 Å². The summed E-state index contributed by atoms with van der Waals surface area (Å²) in [5.41, 5.74) is 2.21. The number of hydrogen-bond donors (Lipinski definition) is 6. The van der Waals surface area contributed by atoms with Gasteiger partial charge in [0.25, 0.3) is 0 Å². The van der Waals surface area contributed by atoms with Gasteiger partial charge in [-0.25, -0.2) is 4.79 Å². The quantitative estimate of drug-likeness (QED) is 0.202. The highest BCUT2D eigenvalue weighted by atomic mass is 32.2. The zero-order valence-electron chi connectivity index (χ0n) is 23.9. The first-order valence-corrected chi connectivity index (χ1v) is 16.4. The summed E-state index contributed by atoms with van der Waals surface area (Å²) in [6, 6.07) is 6.34. The molecule has 2 aliphatic carbocycles. The normalized spacial score (nSPS) is 26.4. The zero-order valence-corrected chi connectivity index (χ0v) is 24.7. The molecule has 1 aromatic heterocycles. The number of pyridine rings is 1. The van der Waals surface area contributed by atoms with Crippen LogP contribution < -0.4 is 31.9 Å². The Kier molecular flexibility index (Phi) is 13.6. The van der Waals surface area contributed by atoms with Gasteiger partial charge in [-0.15, -0.1) is 11.8 Å². The third-order valence-electron chi connectivity index (χ3n) is 8.00. The second kappa shape index (κ2) is 17.4. The number of amides is 2. The molecular formula is C29H51N7O2S. The molecule has 39 heavy (non-hydrogen) atoms. The van der Waals surface area contributed by atoms with Crippen molar-refractivity contribution in [3.05, 3.63) is 23.5 Å². The molecule has 4 rings (SSSR count). The smallest absolute Gasteiger partial charge is 0.314 e. The summed E-state index contributed by atoms with van der Waals surface area (Å²) in [5.74, 6) is 0.812. The van der Waals surface area contributed by atoms with E-state index in [1.807, 2.05) is 0 Å².